The number of carbonyl (C=O) groups is 1. The average molecular weight is 451 g/mol. The molecule has 0 atom stereocenters. The second kappa shape index (κ2) is 8.37. The molecular weight excluding hydrogens is 428 g/mol. The maximum absolute atomic E-state index is 13.7. The minimum Gasteiger partial charge on any atom is -0.339 e. The van der Waals surface area contributed by atoms with Crippen LogP contribution in [-0.4, -0.2) is 38.8 Å². The molecule has 0 bridgehead atoms. The molecule has 0 radical (unpaired) electrons. The monoisotopic (exact) mass is 450 g/mol. The molecule has 2 aromatic carbocycles. The molecule has 1 aliphatic rings. The Morgan fingerprint density at radius 2 is 1.61 bits per heavy atom. The molecule has 1 aliphatic heterocycles. The molecule has 162 valence electrons. The average Bonchev–Trinajstić information content (AvgIpc) is 3.33. The van der Waals surface area contributed by atoms with E-state index in [4.69, 9.17) is 9.97 Å². The predicted octanol–water partition coefficient (Wildman–Crippen LogP) is 5.93. The molecule has 4 heterocycles. The molecule has 0 saturated carbocycles. The number of para-hydroxylation sites is 2. The van der Waals surface area contributed by atoms with Crippen molar-refractivity contribution in [2.75, 3.05) is 13.1 Å². The van der Waals surface area contributed by atoms with Crippen LogP contribution in [-0.2, 0) is 0 Å². The third-order valence-electron chi connectivity index (χ3n) is 6.36. The summed E-state index contributed by atoms with van der Waals surface area (Å²) in [6, 6.07) is 22.0. The number of likely N-dealkylation sites (tertiary alicyclic amines) is 1. The number of pyridine rings is 2. The second-order valence-corrected chi connectivity index (χ2v) is 9.46. The molecule has 0 spiro atoms. The van der Waals surface area contributed by atoms with Gasteiger partial charge in [0.25, 0.3) is 5.91 Å². The molecule has 1 amide bonds. The number of rotatable bonds is 3. The molecular formula is C27H22N4OS. The van der Waals surface area contributed by atoms with E-state index in [-0.39, 0.29) is 5.91 Å². The van der Waals surface area contributed by atoms with Crippen molar-refractivity contribution >= 4 is 38.4 Å². The highest BCUT2D eigenvalue weighted by Gasteiger charge is 2.27. The summed E-state index contributed by atoms with van der Waals surface area (Å²) in [6.45, 7) is 1.47. The van der Waals surface area contributed by atoms with E-state index in [1.807, 2.05) is 53.4 Å². The third kappa shape index (κ3) is 3.76. The van der Waals surface area contributed by atoms with Crippen LogP contribution in [0.2, 0.25) is 0 Å². The van der Waals surface area contributed by atoms with Crippen LogP contribution >= 0.6 is 11.3 Å². The van der Waals surface area contributed by atoms with Crippen molar-refractivity contribution < 1.29 is 4.79 Å². The Balaban J connectivity index is 1.28. The lowest BCUT2D eigenvalue weighted by molar-refractivity contribution is 0.0715. The quantitative estimate of drug-likeness (QED) is 0.342. The van der Waals surface area contributed by atoms with E-state index in [2.05, 4.69) is 23.2 Å². The Kier molecular flexibility index (Phi) is 5.07. The van der Waals surface area contributed by atoms with E-state index in [9.17, 15) is 4.79 Å². The van der Waals surface area contributed by atoms with Crippen LogP contribution in [0.3, 0.4) is 0 Å². The van der Waals surface area contributed by atoms with E-state index in [1.54, 1.807) is 23.7 Å². The molecule has 3 aromatic heterocycles. The summed E-state index contributed by atoms with van der Waals surface area (Å²) in [6.07, 6.45) is 5.37. The standard InChI is InChI=1S/C27H22N4OS/c32-27(31-15-11-19(12-16-31)26-30-23-7-3-4-8-25(23)33-26)21-17-24(18-9-13-28-14-10-18)29-22-6-2-1-5-20(21)22/h1-10,13-14,17,19H,11-12,15-16H2. The summed E-state index contributed by atoms with van der Waals surface area (Å²) in [4.78, 5) is 29.4. The van der Waals surface area contributed by atoms with E-state index in [0.717, 1.165) is 53.6 Å². The molecule has 6 rings (SSSR count). The number of amides is 1. The summed E-state index contributed by atoms with van der Waals surface area (Å²) in [5, 5.41) is 2.09. The van der Waals surface area contributed by atoms with Crippen molar-refractivity contribution in [1.82, 2.24) is 19.9 Å². The topological polar surface area (TPSA) is 59.0 Å². The fraction of sp³-hybridized carbons (Fsp3) is 0.185. The van der Waals surface area contributed by atoms with Crippen molar-refractivity contribution in [2.24, 2.45) is 0 Å². The molecule has 0 aliphatic carbocycles. The van der Waals surface area contributed by atoms with E-state index in [0.29, 0.717) is 11.5 Å². The second-order valence-electron chi connectivity index (χ2n) is 8.39. The van der Waals surface area contributed by atoms with E-state index in [1.165, 1.54) is 9.71 Å². The highest BCUT2D eigenvalue weighted by molar-refractivity contribution is 7.18. The largest absolute Gasteiger partial charge is 0.339 e. The van der Waals surface area contributed by atoms with Crippen LogP contribution in [0.25, 0.3) is 32.4 Å². The number of nitrogens with zero attached hydrogens (tertiary/aromatic N) is 4. The maximum atomic E-state index is 13.7. The van der Waals surface area contributed by atoms with Gasteiger partial charge in [0.05, 0.1) is 32.0 Å². The lowest BCUT2D eigenvalue weighted by atomic mass is 9.96. The fourth-order valence-electron chi connectivity index (χ4n) is 4.59. The minimum absolute atomic E-state index is 0.0756. The third-order valence-corrected chi connectivity index (χ3v) is 7.56. The molecule has 0 N–H and O–H groups in total. The Morgan fingerprint density at radius 3 is 2.39 bits per heavy atom. The molecule has 0 unspecified atom stereocenters. The van der Waals surface area contributed by atoms with Gasteiger partial charge in [-0.2, -0.15) is 0 Å². The van der Waals surface area contributed by atoms with Crippen molar-refractivity contribution in [3.8, 4) is 11.3 Å². The number of hydrogen-bond donors (Lipinski definition) is 0. The maximum Gasteiger partial charge on any atom is 0.254 e. The molecule has 6 heteroatoms. The minimum atomic E-state index is 0.0756. The number of benzene rings is 2. The van der Waals surface area contributed by atoms with E-state index >= 15 is 0 Å². The van der Waals surface area contributed by atoms with Gasteiger partial charge >= 0.3 is 0 Å². The highest BCUT2D eigenvalue weighted by Crippen LogP contribution is 2.34. The van der Waals surface area contributed by atoms with Gasteiger partial charge in [-0.3, -0.25) is 9.78 Å². The summed E-state index contributed by atoms with van der Waals surface area (Å²) < 4.78 is 1.23. The Labute approximate surface area is 195 Å². The number of aromatic nitrogens is 3. The van der Waals surface area contributed by atoms with Gasteiger partial charge in [0, 0.05) is 42.4 Å². The molecule has 33 heavy (non-hydrogen) atoms. The first-order valence-corrected chi connectivity index (χ1v) is 12.0. The van der Waals surface area contributed by atoms with Gasteiger partial charge < -0.3 is 4.90 Å². The van der Waals surface area contributed by atoms with Gasteiger partial charge in [0.2, 0.25) is 0 Å². The van der Waals surface area contributed by atoms with Gasteiger partial charge in [-0.25, -0.2) is 9.97 Å². The zero-order chi connectivity index (χ0) is 22.2. The number of hydrogen-bond acceptors (Lipinski definition) is 5. The fourth-order valence-corrected chi connectivity index (χ4v) is 5.72. The zero-order valence-electron chi connectivity index (χ0n) is 18.0. The van der Waals surface area contributed by atoms with Gasteiger partial charge in [0.15, 0.2) is 0 Å². The number of thiazole rings is 1. The lowest BCUT2D eigenvalue weighted by Gasteiger charge is -2.31. The van der Waals surface area contributed by atoms with Crippen LogP contribution < -0.4 is 0 Å². The van der Waals surface area contributed by atoms with Gasteiger partial charge in [-0.05, 0) is 49.2 Å². The molecule has 1 fully saturated rings. The van der Waals surface area contributed by atoms with Gasteiger partial charge in [0.1, 0.15) is 0 Å². The number of fused-ring (bicyclic) bond motifs is 2. The normalized spacial score (nSPS) is 14.7. The van der Waals surface area contributed by atoms with Crippen molar-refractivity contribution in [2.45, 2.75) is 18.8 Å². The van der Waals surface area contributed by atoms with Crippen molar-refractivity contribution in [1.29, 1.82) is 0 Å². The van der Waals surface area contributed by atoms with Crippen molar-refractivity contribution in [3.05, 3.63) is 89.7 Å². The van der Waals surface area contributed by atoms with Gasteiger partial charge in [-0.1, -0.05) is 30.3 Å². The van der Waals surface area contributed by atoms with E-state index < -0.39 is 0 Å². The Bertz CT molecular complexity index is 1420. The lowest BCUT2D eigenvalue weighted by Crippen LogP contribution is -2.38. The Morgan fingerprint density at radius 1 is 0.879 bits per heavy atom. The SMILES string of the molecule is O=C(c1cc(-c2ccncc2)nc2ccccc12)N1CCC(c2nc3ccccc3s2)CC1. The molecule has 5 aromatic rings. The van der Waals surface area contributed by atoms with Crippen LogP contribution in [0, 0.1) is 0 Å². The summed E-state index contributed by atoms with van der Waals surface area (Å²) >= 11 is 1.78. The predicted molar refractivity (Wildman–Crippen MR) is 132 cm³/mol. The first-order valence-electron chi connectivity index (χ1n) is 11.2. The van der Waals surface area contributed by atoms with Crippen LogP contribution in [0.15, 0.2) is 79.1 Å². The zero-order valence-corrected chi connectivity index (χ0v) is 18.8. The smallest absolute Gasteiger partial charge is 0.254 e. The van der Waals surface area contributed by atoms with Crippen LogP contribution in [0.1, 0.15) is 34.1 Å². The van der Waals surface area contributed by atoms with Crippen LogP contribution in [0.4, 0.5) is 0 Å². The molecule has 5 nitrogen and oxygen atoms in total. The number of piperidine rings is 1. The summed E-state index contributed by atoms with van der Waals surface area (Å²) in [5.74, 6) is 0.486. The van der Waals surface area contributed by atoms with Crippen LogP contribution in [0.5, 0.6) is 0 Å². The Hall–Kier alpha value is -3.64. The van der Waals surface area contributed by atoms with Crippen molar-refractivity contribution in [3.63, 3.8) is 0 Å². The molecule has 1 saturated heterocycles. The summed E-state index contributed by atoms with van der Waals surface area (Å²) in [5.41, 5.74) is 4.37. The summed E-state index contributed by atoms with van der Waals surface area (Å²) in [7, 11) is 0. The number of carbonyl (C=O) groups excluding carboxylic acids is 1. The highest BCUT2D eigenvalue weighted by atomic mass is 32.1. The first kappa shape index (κ1) is 20.0. The van der Waals surface area contributed by atoms with Gasteiger partial charge in [-0.15, -0.1) is 11.3 Å². The first-order chi connectivity index (χ1) is 16.3.